The highest BCUT2D eigenvalue weighted by atomic mass is 16.5. The van der Waals surface area contributed by atoms with Crippen LogP contribution in [0.4, 0.5) is 0 Å². The number of aryl methyl sites for hydroxylation is 2. The van der Waals surface area contributed by atoms with Crippen molar-refractivity contribution in [3.63, 3.8) is 0 Å². The maximum Gasteiger partial charge on any atom is 0.175 e. The molecule has 0 radical (unpaired) electrons. The number of aromatic nitrogens is 1. The lowest BCUT2D eigenvalue weighted by Gasteiger charge is -2.20. The van der Waals surface area contributed by atoms with Gasteiger partial charge in [0.1, 0.15) is 5.75 Å². The van der Waals surface area contributed by atoms with E-state index in [2.05, 4.69) is 24.0 Å². The number of nitrogens with zero attached hydrogens (tertiary/aromatic N) is 2. The van der Waals surface area contributed by atoms with Gasteiger partial charge in [-0.05, 0) is 33.1 Å². The van der Waals surface area contributed by atoms with Crippen LogP contribution in [0.3, 0.4) is 0 Å². The van der Waals surface area contributed by atoms with Crippen molar-refractivity contribution in [3.05, 3.63) is 23.0 Å². The summed E-state index contributed by atoms with van der Waals surface area (Å²) in [6.07, 6.45) is 1.00. The highest BCUT2D eigenvalue weighted by Gasteiger charge is 2.16. The summed E-state index contributed by atoms with van der Waals surface area (Å²) < 4.78 is 5.93. The van der Waals surface area contributed by atoms with Crippen molar-refractivity contribution in [3.8, 4) is 5.75 Å². The van der Waals surface area contributed by atoms with Gasteiger partial charge in [0.15, 0.2) is 5.84 Å². The average Bonchev–Trinajstić information content (AvgIpc) is 2.26. The van der Waals surface area contributed by atoms with E-state index in [1.807, 2.05) is 26.8 Å². The summed E-state index contributed by atoms with van der Waals surface area (Å²) in [5, 5.41) is 11.9. The van der Waals surface area contributed by atoms with E-state index >= 15 is 0 Å². The molecule has 0 aliphatic rings. The number of ether oxygens (including phenoxy) is 1. The fourth-order valence-electron chi connectivity index (χ4n) is 2.18. The van der Waals surface area contributed by atoms with Crippen molar-refractivity contribution in [2.24, 2.45) is 16.8 Å². The number of hydrogen-bond donors (Lipinski definition) is 2. The zero-order valence-electron chi connectivity index (χ0n) is 12.3. The second kappa shape index (κ2) is 6.41. The first-order valence-corrected chi connectivity index (χ1v) is 6.48. The molecule has 0 aromatic carbocycles. The predicted octanol–water partition coefficient (Wildman–Crippen LogP) is 2.61. The van der Waals surface area contributed by atoms with Gasteiger partial charge in [0.2, 0.25) is 0 Å². The predicted molar refractivity (Wildman–Crippen MR) is 75.8 cm³/mol. The molecule has 0 saturated carbocycles. The maximum absolute atomic E-state index is 8.87. The fourth-order valence-corrected chi connectivity index (χ4v) is 2.18. The van der Waals surface area contributed by atoms with E-state index in [0.717, 1.165) is 12.1 Å². The molecule has 1 atom stereocenters. The van der Waals surface area contributed by atoms with Crippen LogP contribution in [0.5, 0.6) is 5.75 Å². The Morgan fingerprint density at radius 2 is 2.05 bits per heavy atom. The Kier molecular flexibility index (Phi) is 5.15. The second-order valence-electron chi connectivity index (χ2n) is 5.27. The zero-order chi connectivity index (χ0) is 14.6. The lowest BCUT2D eigenvalue weighted by Crippen LogP contribution is -2.21. The van der Waals surface area contributed by atoms with Gasteiger partial charge in [0.05, 0.1) is 17.4 Å². The summed E-state index contributed by atoms with van der Waals surface area (Å²) in [5.74, 6) is 1.19. The van der Waals surface area contributed by atoms with Crippen molar-refractivity contribution >= 4 is 5.84 Å². The van der Waals surface area contributed by atoms with Gasteiger partial charge in [-0.2, -0.15) is 0 Å². The molecule has 5 nitrogen and oxygen atoms in total. The smallest absolute Gasteiger partial charge is 0.175 e. The first kappa shape index (κ1) is 15.3. The Bertz CT molecular complexity index is 470. The molecule has 1 aromatic heterocycles. The molecule has 0 aliphatic heterocycles. The normalized spacial score (nSPS) is 13.7. The van der Waals surface area contributed by atoms with Gasteiger partial charge >= 0.3 is 0 Å². The quantitative estimate of drug-likeness (QED) is 0.371. The zero-order valence-corrected chi connectivity index (χ0v) is 12.3. The number of hydrogen-bond acceptors (Lipinski definition) is 4. The number of pyridine rings is 1. The topological polar surface area (TPSA) is 80.7 Å². The van der Waals surface area contributed by atoms with Crippen LogP contribution in [0.25, 0.3) is 0 Å². The van der Waals surface area contributed by atoms with E-state index in [9.17, 15) is 0 Å². The van der Waals surface area contributed by atoms with Crippen molar-refractivity contribution in [2.75, 3.05) is 0 Å². The Balaban J connectivity index is 3.11. The van der Waals surface area contributed by atoms with Crippen LogP contribution in [0.2, 0.25) is 0 Å². The molecular formula is C14H23N3O2. The standard InChI is InChI=1S/C14H23N3O2/c1-8(2)6-10(4)19-12-7-9(3)16-11(5)13(12)14(15)17-18/h7-8,10,18H,6H2,1-5H3,(H2,15,17). The Labute approximate surface area is 114 Å². The van der Waals surface area contributed by atoms with Gasteiger partial charge in [-0.1, -0.05) is 19.0 Å². The Morgan fingerprint density at radius 1 is 1.42 bits per heavy atom. The summed E-state index contributed by atoms with van der Waals surface area (Å²) in [7, 11) is 0. The summed E-state index contributed by atoms with van der Waals surface area (Å²) >= 11 is 0. The summed E-state index contributed by atoms with van der Waals surface area (Å²) in [5.41, 5.74) is 7.80. The molecule has 1 aromatic rings. The molecule has 0 bridgehead atoms. The summed E-state index contributed by atoms with van der Waals surface area (Å²) in [6, 6.07) is 1.82. The molecule has 5 heteroatoms. The third-order valence-corrected chi connectivity index (χ3v) is 2.79. The van der Waals surface area contributed by atoms with E-state index in [1.165, 1.54) is 0 Å². The van der Waals surface area contributed by atoms with E-state index in [1.54, 1.807) is 0 Å². The third kappa shape index (κ3) is 4.12. The molecule has 1 heterocycles. The van der Waals surface area contributed by atoms with E-state index < -0.39 is 0 Å². The molecule has 106 valence electrons. The average molecular weight is 265 g/mol. The Hall–Kier alpha value is -1.78. The van der Waals surface area contributed by atoms with Crippen LogP contribution in [-0.2, 0) is 0 Å². The largest absolute Gasteiger partial charge is 0.490 e. The number of oxime groups is 1. The monoisotopic (exact) mass is 265 g/mol. The van der Waals surface area contributed by atoms with E-state index in [0.29, 0.717) is 22.9 Å². The highest BCUT2D eigenvalue weighted by Crippen LogP contribution is 2.24. The number of amidine groups is 1. The molecule has 0 spiro atoms. The fraction of sp³-hybridized carbons (Fsp3) is 0.571. The van der Waals surface area contributed by atoms with E-state index in [4.69, 9.17) is 15.7 Å². The molecule has 1 rings (SSSR count). The minimum atomic E-state index is 0.0248. The van der Waals surface area contributed by atoms with Crippen LogP contribution in [0.1, 0.15) is 44.1 Å². The molecule has 0 saturated heterocycles. The van der Waals surface area contributed by atoms with Crippen molar-refractivity contribution in [1.29, 1.82) is 0 Å². The number of nitrogens with two attached hydrogens (primary N) is 1. The van der Waals surface area contributed by atoms with Gasteiger partial charge in [-0.25, -0.2) is 0 Å². The van der Waals surface area contributed by atoms with E-state index in [-0.39, 0.29) is 11.9 Å². The molecule has 3 N–H and O–H groups in total. The van der Waals surface area contributed by atoms with Crippen LogP contribution < -0.4 is 10.5 Å². The maximum atomic E-state index is 8.87. The van der Waals surface area contributed by atoms with Gasteiger partial charge in [0.25, 0.3) is 0 Å². The summed E-state index contributed by atoms with van der Waals surface area (Å²) in [6.45, 7) is 10.0. The van der Waals surface area contributed by atoms with Gasteiger partial charge in [-0.15, -0.1) is 0 Å². The molecule has 0 fully saturated rings. The lowest BCUT2D eigenvalue weighted by atomic mass is 10.1. The lowest BCUT2D eigenvalue weighted by molar-refractivity contribution is 0.192. The highest BCUT2D eigenvalue weighted by molar-refractivity contribution is 6.00. The van der Waals surface area contributed by atoms with Crippen LogP contribution in [0, 0.1) is 19.8 Å². The van der Waals surface area contributed by atoms with Crippen molar-refractivity contribution < 1.29 is 9.94 Å². The van der Waals surface area contributed by atoms with Crippen LogP contribution >= 0.6 is 0 Å². The van der Waals surface area contributed by atoms with Crippen molar-refractivity contribution in [1.82, 2.24) is 4.98 Å². The van der Waals surface area contributed by atoms with Crippen molar-refractivity contribution in [2.45, 2.75) is 47.1 Å². The molecule has 1 unspecified atom stereocenters. The minimum absolute atomic E-state index is 0.0248. The molecule has 0 amide bonds. The van der Waals surface area contributed by atoms with Crippen LogP contribution in [0.15, 0.2) is 11.2 Å². The Morgan fingerprint density at radius 3 is 2.58 bits per heavy atom. The van der Waals surface area contributed by atoms with Gasteiger partial charge in [0, 0.05) is 11.8 Å². The van der Waals surface area contributed by atoms with Gasteiger partial charge in [-0.3, -0.25) is 4.98 Å². The molecule has 19 heavy (non-hydrogen) atoms. The molecule has 0 aliphatic carbocycles. The SMILES string of the molecule is Cc1cc(OC(C)CC(C)C)c(/C(N)=N/O)c(C)n1. The summed E-state index contributed by atoms with van der Waals surface area (Å²) in [4.78, 5) is 4.32. The minimum Gasteiger partial charge on any atom is -0.490 e. The first-order chi connectivity index (χ1) is 8.85. The third-order valence-electron chi connectivity index (χ3n) is 2.79. The van der Waals surface area contributed by atoms with Gasteiger partial charge < -0.3 is 15.7 Å². The first-order valence-electron chi connectivity index (χ1n) is 6.48. The van der Waals surface area contributed by atoms with Crippen LogP contribution in [-0.4, -0.2) is 22.1 Å². The number of rotatable bonds is 5. The molecular weight excluding hydrogens is 242 g/mol. The second-order valence-corrected chi connectivity index (χ2v) is 5.27.